The van der Waals surface area contributed by atoms with Crippen LogP contribution in [-0.2, 0) is 20.8 Å². The molecule has 1 saturated carbocycles. The van der Waals surface area contributed by atoms with Crippen molar-refractivity contribution in [3.8, 4) is 16.3 Å². The number of aliphatic hydroxyl groups excluding tert-OH is 2. The van der Waals surface area contributed by atoms with Crippen LogP contribution in [0, 0.1) is 11.8 Å². The van der Waals surface area contributed by atoms with Gasteiger partial charge in [0.15, 0.2) is 11.4 Å². The molecular formula is C25H25N3O7S. The number of ketones is 2. The van der Waals surface area contributed by atoms with Crippen LogP contribution in [0.15, 0.2) is 34.4 Å². The molecular weight excluding hydrogens is 486 g/mol. The second-order valence-electron chi connectivity index (χ2n) is 9.80. The summed E-state index contributed by atoms with van der Waals surface area (Å²) in [5, 5.41) is 46.6. The van der Waals surface area contributed by atoms with E-state index in [4.69, 9.17) is 11.5 Å². The number of phenols is 1. The lowest BCUT2D eigenvalue weighted by Gasteiger charge is -2.48. The number of aliphatic hydroxyl groups is 3. The fourth-order valence-electron chi connectivity index (χ4n) is 5.59. The van der Waals surface area contributed by atoms with Gasteiger partial charge in [-0.3, -0.25) is 14.4 Å². The minimum absolute atomic E-state index is 0.0326. The lowest BCUT2D eigenvalue weighted by atomic mass is 9.57. The number of benzene rings is 1. The van der Waals surface area contributed by atoms with Crippen molar-refractivity contribution in [1.82, 2.24) is 4.98 Å². The molecule has 1 heterocycles. The summed E-state index contributed by atoms with van der Waals surface area (Å²) in [7, 11) is 0. The summed E-state index contributed by atoms with van der Waals surface area (Å²) in [6.45, 7) is 4.03. The molecule has 0 bridgehead atoms. The fraction of sp³-hybridized carbons (Fsp3) is 0.360. The van der Waals surface area contributed by atoms with Gasteiger partial charge in [-0.2, -0.15) is 0 Å². The second-order valence-corrected chi connectivity index (χ2v) is 10.7. The van der Waals surface area contributed by atoms with E-state index in [1.54, 1.807) is 6.07 Å². The first kappa shape index (κ1) is 24.2. The number of nitrogens with two attached hydrogens (primary N) is 2. The molecule has 1 aromatic heterocycles. The molecule has 11 heteroatoms. The monoisotopic (exact) mass is 511 g/mol. The molecule has 1 aromatic carbocycles. The van der Waals surface area contributed by atoms with Gasteiger partial charge in [-0.15, -0.1) is 11.3 Å². The van der Waals surface area contributed by atoms with Crippen LogP contribution < -0.4 is 11.5 Å². The third-order valence-corrected chi connectivity index (χ3v) is 8.37. The van der Waals surface area contributed by atoms with Gasteiger partial charge < -0.3 is 31.9 Å². The summed E-state index contributed by atoms with van der Waals surface area (Å²) in [6, 6.07) is 1.61. The number of rotatable bonds is 3. The van der Waals surface area contributed by atoms with Gasteiger partial charge in [0.25, 0.3) is 5.91 Å². The van der Waals surface area contributed by atoms with E-state index in [2.05, 4.69) is 4.98 Å². The SMILES string of the molecule is CC(C)c1csc(-c2ccc(O)c3c2C[C@H]2C[C@H]4[C@@H](N)C(=O)C(C(N)=O)=C(O)[C@@]4(O)C(=O)C2=C3O)n1. The molecule has 3 aliphatic carbocycles. The lowest BCUT2D eigenvalue weighted by Crippen LogP contribution is -2.65. The minimum Gasteiger partial charge on any atom is -0.508 e. The molecule has 0 spiro atoms. The number of hydrogen-bond acceptors (Lipinski definition) is 10. The number of aromatic nitrogens is 1. The first-order chi connectivity index (χ1) is 16.9. The highest BCUT2D eigenvalue weighted by molar-refractivity contribution is 7.13. The Labute approximate surface area is 209 Å². The lowest BCUT2D eigenvalue weighted by molar-refractivity contribution is -0.149. The predicted molar refractivity (Wildman–Crippen MR) is 130 cm³/mol. The van der Waals surface area contributed by atoms with Crippen molar-refractivity contribution in [2.75, 3.05) is 0 Å². The maximum Gasteiger partial charge on any atom is 0.255 e. The third kappa shape index (κ3) is 3.09. The van der Waals surface area contributed by atoms with Crippen LogP contribution in [0.25, 0.3) is 16.3 Å². The molecule has 10 nitrogen and oxygen atoms in total. The number of hydrogen-bond donors (Lipinski definition) is 6. The van der Waals surface area contributed by atoms with Crippen LogP contribution in [0.3, 0.4) is 0 Å². The summed E-state index contributed by atoms with van der Waals surface area (Å²) in [6.07, 6.45) is 0.135. The fourth-order valence-corrected chi connectivity index (χ4v) is 6.63. The Morgan fingerprint density at radius 1 is 1.22 bits per heavy atom. The molecule has 1 fully saturated rings. The molecule has 1 amide bonds. The van der Waals surface area contributed by atoms with Gasteiger partial charge in [0.2, 0.25) is 5.78 Å². The smallest absolute Gasteiger partial charge is 0.255 e. The van der Waals surface area contributed by atoms with Gasteiger partial charge in [0, 0.05) is 22.4 Å². The molecule has 0 unspecified atom stereocenters. The number of carbonyl (C=O) groups excluding carboxylic acids is 3. The number of thiazole rings is 1. The zero-order valence-electron chi connectivity index (χ0n) is 19.5. The Hall–Kier alpha value is -3.54. The Morgan fingerprint density at radius 2 is 1.92 bits per heavy atom. The number of Topliss-reactive ketones (excluding diaryl/α,β-unsaturated/α-hetero) is 2. The maximum absolute atomic E-state index is 13.6. The molecule has 5 rings (SSSR count). The van der Waals surface area contributed by atoms with E-state index in [0.717, 1.165) is 5.69 Å². The third-order valence-electron chi connectivity index (χ3n) is 7.48. The van der Waals surface area contributed by atoms with Gasteiger partial charge >= 0.3 is 0 Å². The van der Waals surface area contributed by atoms with Crippen molar-refractivity contribution in [3.05, 3.63) is 51.2 Å². The molecule has 8 N–H and O–H groups in total. The molecule has 0 radical (unpaired) electrons. The van der Waals surface area contributed by atoms with Crippen LogP contribution in [0.4, 0.5) is 0 Å². The van der Waals surface area contributed by atoms with Crippen molar-refractivity contribution >= 4 is 34.6 Å². The van der Waals surface area contributed by atoms with Crippen LogP contribution in [-0.4, -0.2) is 54.5 Å². The average Bonchev–Trinajstić information content (AvgIpc) is 3.30. The molecule has 0 saturated heterocycles. The zero-order chi connectivity index (χ0) is 26.3. The average molecular weight is 512 g/mol. The molecule has 0 aliphatic heterocycles. The van der Waals surface area contributed by atoms with E-state index in [-0.39, 0.29) is 35.6 Å². The van der Waals surface area contributed by atoms with Crippen molar-refractivity contribution in [3.63, 3.8) is 0 Å². The molecule has 2 aromatic rings. The van der Waals surface area contributed by atoms with Crippen LogP contribution in [0.2, 0.25) is 0 Å². The second kappa shape index (κ2) is 7.99. The zero-order valence-corrected chi connectivity index (χ0v) is 20.3. The highest BCUT2D eigenvalue weighted by atomic mass is 32.1. The van der Waals surface area contributed by atoms with Gasteiger partial charge in [-0.25, -0.2) is 4.98 Å². The first-order valence-electron chi connectivity index (χ1n) is 11.4. The van der Waals surface area contributed by atoms with Gasteiger partial charge in [-0.05, 0) is 42.4 Å². The normalized spacial score (nSPS) is 27.8. The van der Waals surface area contributed by atoms with E-state index in [0.29, 0.717) is 16.1 Å². The van der Waals surface area contributed by atoms with Crippen molar-refractivity contribution in [2.45, 2.75) is 44.2 Å². The number of primary amides is 1. The van der Waals surface area contributed by atoms with Crippen LogP contribution in [0.5, 0.6) is 5.75 Å². The minimum atomic E-state index is -2.72. The summed E-state index contributed by atoms with van der Waals surface area (Å²) < 4.78 is 0. The quantitative estimate of drug-likeness (QED) is 0.331. The highest BCUT2D eigenvalue weighted by Gasteiger charge is 2.63. The Morgan fingerprint density at radius 3 is 2.53 bits per heavy atom. The van der Waals surface area contributed by atoms with Gasteiger partial charge in [-0.1, -0.05) is 13.8 Å². The Bertz CT molecular complexity index is 1420. The van der Waals surface area contributed by atoms with Crippen molar-refractivity contribution in [2.24, 2.45) is 23.3 Å². The number of fused-ring (bicyclic) bond motifs is 3. The van der Waals surface area contributed by atoms with E-state index in [1.165, 1.54) is 17.4 Å². The number of aromatic hydroxyl groups is 1. The summed E-state index contributed by atoms with van der Waals surface area (Å²) >= 11 is 1.42. The number of amides is 1. The summed E-state index contributed by atoms with van der Waals surface area (Å²) in [5.41, 5.74) is 9.58. The molecule has 3 aliphatic rings. The van der Waals surface area contributed by atoms with E-state index < -0.39 is 58.0 Å². The molecule has 36 heavy (non-hydrogen) atoms. The maximum atomic E-state index is 13.6. The number of nitrogens with zero attached hydrogens (tertiary/aromatic N) is 1. The summed E-state index contributed by atoms with van der Waals surface area (Å²) in [4.78, 5) is 42.8. The highest BCUT2D eigenvalue weighted by Crippen LogP contribution is 2.53. The van der Waals surface area contributed by atoms with Crippen LogP contribution >= 0.6 is 11.3 Å². The van der Waals surface area contributed by atoms with E-state index >= 15 is 0 Å². The molecule has 4 atom stereocenters. The van der Waals surface area contributed by atoms with Crippen molar-refractivity contribution < 1.29 is 34.8 Å². The van der Waals surface area contributed by atoms with Crippen molar-refractivity contribution in [1.29, 1.82) is 0 Å². The number of phenolic OH excluding ortho intramolecular Hbond substituents is 1. The van der Waals surface area contributed by atoms with Gasteiger partial charge in [0.1, 0.15) is 27.8 Å². The van der Waals surface area contributed by atoms with Gasteiger partial charge in [0.05, 0.1) is 17.3 Å². The predicted octanol–water partition coefficient (Wildman–Crippen LogP) is 1.61. The molecule has 188 valence electrons. The topological polar surface area (TPSA) is 197 Å². The standard InChI is InChI=1S/C25H25N3O7S/c1-8(2)13-7-36-24(28-13)10-3-4-14(29)16-11(10)5-9-6-12-18(26)20(31)17(23(27)34)22(33)25(12,35)21(32)15(9)19(16)30/h3-4,7-9,12,18,29-30,33,35H,5-6,26H2,1-2H3,(H2,27,34)/t9-,12-,18+,25-/m0/s1. The summed E-state index contributed by atoms with van der Waals surface area (Å²) in [5.74, 6) is -7.08. The van der Waals surface area contributed by atoms with Crippen LogP contribution in [0.1, 0.15) is 43.0 Å². The Balaban J connectivity index is 1.70. The van der Waals surface area contributed by atoms with E-state index in [9.17, 15) is 34.8 Å². The van der Waals surface area contributed by atoms with E-state index in [1.807, 2.05) is 19.2 Å². The largest absolute Gasteiger partial charge is 0.508 e. The number of carbonyl (C=O) groups is 3. The first-order valence-corrected chi connectivity index (χ1v) is 12.3. The Kier molecular flexibility index (Phi) is 5.36.